The van der Waals surface area contributed by atoms with Crippen molar-refractivity contribution in [1.82, 2.24) is 5.32 Å². The molecule has 8 heteroatoms. The number of amides is 1. The number of carbonyl (C=O) groups is 1. The van der Waals surface area contributed by atoms with Gasteiger partial charge in [0.2, 0.25) is 5.91 Å². The maximum atomic E-state index is 11.1. The maximum absolute atomic E-state index is 11.1. The van der Waals surface area contributed by atoms with Crippen LogP contribution in [0.15, 0.2) is 18.2 Å². The van der Waals surface area contributed by atoms with Crippen LogP contribution in [-0.4, -0.2) is 30.0 Å². The highest BCUT2D eigenvalue weighted by Crippen LogP contribution is 2.28. The molecule has 0 aliphatic rings. The minimum atomic E-state index is -0.538. The smallest absolute Gasteiger partial charge is 0.271 e. The summed E-state index contributed by atoms with van der Waals surface area (Å²) in [7, 11) is 0. The number of nitro groups is 1. The number of nitrogens with two attached hydrogens (primary N) is 1. The zero-order valence-electron chi connectivity index (χ0n) is 11.0. The number of nitro benzene ring substituents is 1. The Kier molecular flexibility index (Phi) is 6.20. The number of primary amides is 1. The molecule has 0 aliphatic carbocycles. The Balaban J connectivity index is 2.57. The van der Waals surface area contributed by atoms with Crippen LogP contribution in [0.5, 0.6) is 5.75 Å². The van der Waals surface area contributed by atoms with Gasteiger partial charge in [-0.3, -0.25) is 14.9 Å². The van der Waals surface area contributed by atoms with Gasteiger partial charge < -0.3 is 15.8 Å². The van der Waals surface area contributed by atoms with E-state index in [0.29, 0.717) is 18.7 Å². The Morgan fingerprint density at radius 2 is 2.30 bits per heavy atom. The lowest BCUT2D eigenvalue weighted by atomic mass is 10.2. The van der Waals surface area contributed by atoms with E-state index in [1.807, 2.05) is 6.92 Å². The van der Waals surface area contributed by atoms with Gasteiger partial charge in [0.05, 0.1) is 22.6 Å². The molecule has 1 rings (SSSR count). The molecule has 1 amide bonds. The van der Waals surface area contributed by atoms with Gasteiger partial charge in [0, 0.05) is 18.6 Å². The van der Waals surface area contributed by atoms with Gasteiger partial charge in [0.25, 0.3) is 5.69 Å². The number of halogens is 1. The zero-order chi connectivity index (χ0) is 15.1. The molecule has 20 heavy (non-hydrogen) atoms. The minimum Gasteiger partial charge on any atom is -0.492 e. The van der Waals surface area contributed by atoms with Crippen molar-refractivity contribution in [2.75, 3.05) is 13.2 Å². The van der Waals surface area contributed by atoms with E-state index in [9.17, 15) is 14.9 Å². The molecule has 3 N–H and O–H groups in total. The van der Waals surface area contributed by atoms with E-state index in [1.165, 1.54) is 18.2 Å². The molecular formula is C12H16ClN3O4. The van der Waals surface area contributed by atoms with E-state index in [1.54, 1.807) is 0 Å². The van der Waals surface area contributed by atoms with E-state index in [2.05, 4.69) is 5.32 Å². The van der Waals surface area contributed by atoms with Gasteiger partial charge in [-0.1, -0.05) is 18.5 Å². The lowest BCUT2D eigenvalue weighted by molar-refractivity contribution is -0.384. The van der Waals surface area contributed by atoms with Crippen molar-refractivity contribution in [1.29, 1.82) is 0 Å². The molecule has 0 aliphatic heterocycles. The van der Waals surface area contributed by atoms with Gasteiger partial charge in [0.15, 0.2) is 0 Å². The third-order valence-electron chi connectivity index (χ3n) is 2.58. The van der Waals surface area contributed by atoms with Crippen molar-refractivity contribution < 1.29 is 14.5 Å². The lowest BCUT2D eigenvalue weighted by Gasteiger charge is -2.14. The topological polar surface area (TPSA) is 107 Å². The van der Waals surface area contributed by atoms with Crippen molar-refractivity contribution in [2.24, 2.45) is 5.73 Å². The predicted molar refractivity (Wildman–Crippen MR) is 74.9 cm³/mol. The Labute approximate surface area is 121 Å². The van der Waals surface area contributed by atoms with Gasteiger partial charge in [-0.05, 0) is 12.6 Å². The van der Waals surface area contributed by atoms with E-state index in [0.717, 1.165) is 0 Å². The standard InChI is InChI=1S/C12H16ClN3O4/c1-2-15-10(12(14)17)5-6-20-11-4-3-8(16(18)19)7-9(11)13/h3-4,7,10,15H,2,5-6H2,1H3,(H2,14,17). The second-order valence-corrected chi connectivity index (χ2v) is 4.43. The molecule has 110 valence electrons. The van der Waals surface area contributed by atoms with Crippen LogP contribution in [0.1, 0.15) is 13.3 Å². The van der Waals surface area contributed by atoms with Crippen LogP contribution in [0.3, 0.4) is 0 Å². The molecule has 0 saturated carbocycles. The summed E-state index contributed by atoms with van der Waals surface area (Å²) in [6.45, 7) is 2.70. The molecule has 1 aromatic rings. The molecule has 0 fully saturated rings. The highest BCUT2D eigenvalue weighted by atomic mass is 35.5. The van der Waals surface area contributed by atoms with E-state index < -0.39 is 16.9 Å². The van der Waals surface area contributed by atoms with Crippen LogP contribution in [0.2, 0.25) is 5.02 Å². The highest BCUT2D eigenvalue weighted by molar-refractivity contribution is 6.32. The van der Waals surface area contributed by atoms with Crippen LogP contribution in [0, 0.1) is 10.1 Å². The van der Waals surface area contributed by atoms with Crippen LogP contribution < -0.4 is 15.8 Å². The van der Waals surface area contributed by atoms with E-state index >= 15 is 0 Å². The lowest BCUT2D eigenvalue weighted by Crippen LogP contribution is -2.42. The third kappa shape index (κ3) is 4.67. The summed E-state index contributed by atoms with van der Waals surface area (Å²) in [5.41, 5.74) is 5.12. The van der Waals surface area contributed by atoms with Crippen LogP contribution in [-0.2, 0) is 4.79 Å². The largest absolute Gasteiger partial charge is 0.492 e. The molecule has 1 atom stereocenters. The van der Waals surface area contributed by atoms with Gasteiger partial charge in [-0.15, -0.1) is 0 Å². The molecule has 7 nitrogen and oxygen atoms in total. The first-order valence-corrected chi connectivity index (χ1v) is 6.43. The van der Waals surface area contributed by atoms with Crippen LogP contribution >= 0.6 is 11.6 Å². The molecule has 0 heterocycles. The number of hydrogen-bond donors (Lipinski definition) is 2. The number of non-ortho nitro benzene ring substituents is 1. The second kappa shape index (κ2) is 7.66. The van der Waals surface area contributed by atoms with Crippen LogP contribution in [0.4, 0.5) is 5.69 Å². The monoisotopic (exact) mass is 301 g/mol. The number of nitrogens with zero attached hydrogens (tertiary/aromatic N) is 1. The van der Waals surface area contributed by atoms with Gasteiger partial charge in [-0.25, -0.2) is 0 Å². The fraction of sp³-hybridized carbons (Fsp3) is 0.417. The normalized spacial score (nSPS) is 11.9. The average molecular weight is 302 g/mol. The summed E-state index contributed by atoms with van der Waals surface area (Å²) in [6.07, 6.45) is 0.385. The van der Waals surface area contributed by atoms with E-state index in [-0.39, 0.29) is 17.3 Å². The first kappa shape index (κ1) is 16.2. The van der Waals surface area contributed by atoms with Crippen molar-refractivity contribution in [3.8, 4) is 5.75 Å². The predicted octanol–water partition coefficient (Wildman–Crippen LogP) is 1.48. The van der Waals surface area contributed by atoms with Gasteiger partial charge >= 0.3 is 0 Å². The minimum absolute atomic E-state index is 0.106. The Bertz CT molecular complexity index is 496. The summed E-state index contributed by atoms with van der Waals surface area (Å²) >= 11 is 5.88. The van der Waals surface area contributed by atoms with E-state index in [4.69, 9.17) is 22.1 Å². The first-order chi connectivity index (χ1) is 9.45. The zero-order valence-corrected chi connectivity index (χ0v) is 11.7. The summed E-state index contributed by atoms with van der Waals surface area (Å²) < 4.78 is 5.40. The number of nitrogens with one attached hydrogen (secondary N) is 1. The molecule has 1 unspecified atom stereocenters. The highest BCUT2D eigenvalue weighted by Gasteiger charge is 2.15. The van der Waals surface area contributed by atoms with Crippen molar-refractivity contribution >= 4 is 23.2 Å². The second-order valence-electron chi connectivity index (χ2n) is 4.02. The molecule has 0 bridgehead atoms. The molecule has 1 aromatic carbocycles. The Morgan fingerprint density at radius 3 is 2.80 bits per heavy atom. The summed E-state index contributed by atoms with van der Waals surface area (Å²) in [5, 5.41) is 13.6. The Hall–Kier alpha value is -1.86. The molecule has 0 radical (unpaired) electrons. The first-order valence-electron chi connectivity index (χ1n) is 6.05. The quantitative estimate of drug-likeness (QED) is 0.558. The number of ether oxygens (including phenoxy) is 1. The number of hydrogen-bond acceptors (Lipinski definition) is 5. The molecule has 0 aromatic heterocycles. The SMILES string of the molecule is CCNC(CCOc1ccc([N+](=O)[O-])cc1Cl)C(N)=O. The summed E-state index contributed by atoms with van der Waals surface area (Å²) in [6, 6.07) is 3.47. The molecule has 0 saturated heterocycles. The third-order valence-corrected chi connectivity index (χ3v) is 2.88. The van der Waals surface area contributed by atoms with Gasteiger partial charge in [0.1, 0.15) is 5.75 Å². The van der Waals surface area contributed by atoms with Crippen molar-refractivity contribution in [2.45, 2.75) is 19.4 Å². The fourth-order valence-corrected chi connectivity index (χ4v) is 1.83. The number of benzene rings is 1. The maximum Gasteiger partial charge on any atom is 0.271 e. The summed E-state index contributed by atoms with van der Waals surface area (Å²) in [4.78, 5) is 21.1. The summed E-state index contributed by atoms with van der Waals surface area (Å²) in [5.74, 6) is -0.123. The molecular weight excluding hydrogens is 286 g/mol. The molecule has 0 spiro atoms. The number of likely N-dealkylation sites (N-methyl/N-ethyl adjacent to an activating group) is 1. The Morgan fingerprint density at radius 1 is 1.60 bits per heavy atom. The van der Waals surface area contributed by atoms with Crippen molar-refractivity contribution in [3.05, 3.63) is 33.3 Å². The fourth-order valence-electron chi connectivity index (χ4n) is 1.60. The van der Waals surface area contributed by atoms with Crippen molar-refractivity contribution in [3.63, 3.8) is 0 Å². The number of rotatable bonds is 8. The van der Waals surface area contributed by atoms with Gasteiger partial charge in [-0.2, -0.15) is 0 Å². The average Bonchev–Trinajstić information content (AvgIpc) is 2.39. The van der Waals surface area contributed by atoms with Crippen LogP contribution in [0.25, 0.3) is 0 Å². The number of carbonyl (C=O) groups excluding carboxylic acids is 1.